The van der Waals surface area contributed by atoms with Crippen LogP contribution in [0.4, 0.5) is 13.2 Å². The molecule has 0 atom stereocenters. The summed E-state index contributed by atoms with van der Waals surface area (Å²) in [6.07, 6.45) is -4.41. The van der Waals surface area contributed by atoms with Crippen LogP contribution in [0, 0.1) is 6.92 Å². The number of alkyl halides is 3. The molecule has 0 radical (unpaired) electrons. The number of fused-ring (bicyclic) bond motifs is 1. The number of ether oxygens (including phenoxy) is 1. The first-order chi connectivity index (χ1) is 13.9. The number of nitrogens with zero attached hydrogens (tertiary/aromatic N) is 2. The third-order valence-corrected chi connectivity index (χ3v) is 4.79. The number of benzene rings is 3. The van der Waals surface area contributed by atoms with Gasteiger partial charge in [-0.05, 0) is 42.3 Å². The van der Waals surface area contributed by atoms with Gasteiger partial charge in [0.1, 0.15) is 18.2 Å². The number of hydrogen-bond acceptors (Lipinski definition) is 2. The summed E-state index contributed by atoms with van der Waals surface area (Å²) in [4.78, 5) is 4.47. The zero-order valence-electron chi connectivity index (χ0n) is 15.8. The molecule has 0 fully saturated rings. The fourth-order valence-corrected chi connectivity index (χ4v) is 3.27. The summed E-state index contributed by atoms with van der Waals surface area (Å²) in [5, 5.41) is 0. The lowest BCUT2D eigenvalue weighted by atomic mass is 10.2. The summed E-state index contributed by atoms with van der Waals surface area (Å²) in [6.45, 7) is 2.60. The van der Waals surface area contributed by atoms with Gasteiger partial charge in [-0.2, -0.15) is 13.2 Å². The maximum absolute atomic E-state index is 13.1. The van der Waals surface area contributed by atoms with E-state index in [0.717, 1.165) is 29.0 Å². The van der Waals surface area contributed by atoms with Gasteiger partial charge in [-0.1, -0.05) is 48.5 Å². The first-order valence-corrected chi connectivity index (χ1v) is 9.20. The van der Waals surface area contributed by atoms with Crippen molar-refractivity contribution >= 4 is 11.0 Å². The molecule has 0 unspecified atom stereocenters. The molecule has 148 valence electrons. The first-order valence-electron chi connectivity index (χ1n) is 9.20. The molecular weight excluding hydrogens is 377 g/mol. The number of halogens is 3. The van der Waals surface area contributed by atoms with Crippen molar-refractivity contribution in [3.05, 3.63) is 95.3 Å². The maximum Gasteiger partial charge on any atom is 0.416 e. The lowest BCUT2D eigenvalue weighted by Crippen LogP contribution is -2.09. The van der Waals surface area contributed by atoms with Gasteiger partial charge in [0.05, 0.1) is 16.6 Å². The van der Waals surface area contributed by atoms with E-state index < -0.39 is 11.7 Å². The highest BCUT2D eigenvalue weighted by molar-refractivity contribution is 5.77. The van der Waals surface area contributed by atoms with Crippen LogP contribution >= 0.6 is 0 Å². The number of para-hydroxylation sites is 1. The average molecular weight is 396 g/mol. The molecule has 4 rings (SSSR count). The molecule has 1 heterocycles. The molecular formula is C23H19F3N2O. The maximum atomic E-state index is 13.1. The minimum Gasteiger partial charge on any atom is -0.485 e. The van der Waals surface area contributed by atoms with Gasteiger partial charge in [-0.3, -0.25) is 0 Å². The fourth-order valence-electron chi connectivity index (χ4n) is 3.27. The van der Waals surface area contributed by atoms with Gasteiger partial charge in [0, 0.05) is 6.54 Å². The monoisotopic (exact) mass is 396 g/mol. The summed E-state index contributed by atoms with van der Waals surface area (Å²) in [5.41, 5.74) is 2.26. The molecule has 1 aromatic heterocycles. The van der Waals surface area contributed by atoms with Crippen molar-refractivity contribution in [1.29, 1.82) is 0 Å². The van der Waals surface area contributed by atoms with Crippen LogP contribution in [-0.2, 0) is 19.3 Å². The highest BCUT2D eigenvalue weighted by atomic mass is 19.4. The van der Waals surface area contributed by atoms with Crippen LogP contribution in [0.5, 0.6) is 5.75 Å². The standard InChI is InChI=1S/C23H19F3N2O/c1-16-7-5-6-10-21(16)29-15-22-27-19-13-18(23(24,25)26)11-12-20(19)28(22)14-17-8-3-2-4-9-17/h2-13H,14-15H2,1H3. The fraction of sp³-hybridized carbons (Fsp3) is 0.174. The second-order valence-corrected chi connectivity index (χ2v) is 6.86. The van der Waals surface area contributed by atoms with E-state index in [-0.39, 0.29) is 6.61 Å². The Bertz CT molecular complexity index is 1130. The van der Waals surface area contributed by atoms with Gasteiger partial charge in [0.2, 0.25) is 0 Å². The van der Waals surface area contributed by atoms with E-state index in [9.17, 15) is 13.2 Å². The molecule has 29 heavy (non-hydrogen) atoms. The van der Waals surface area contributed by atoms with E-state index in [1.54, 1.807) is 0 Å². The van der Waals surface area contributed by atoms with E-state index >= 15 is 0 Å². The summed E-state index contributed by atoms with van der Waals surface area (Å²) >= 11 is 0. The van der Waals surface area contributed by atoms with Crippen molar-refractivity contribution in [2.75, 3.05) is 0 Å². The molecule has 0 saturated heterocycles. The van der Waals surface area contributed by atoms with Crippen LogP contribution < -0.4 is 4.74 Å². The smallest absolute Gasteiger partial charge is 0.416 e. The topological polar surface area (TPSA) is 27.1 Å². The minimum atomic E-state index is -4.41. The largest absolute Gasteiger partial charge is 0.485 e. The lowest BCUT2D eigenvalue weighted by molar-refractivity contribution is -0.137. The molecule has 0 aliphatic heterocycles. The van der Waals surface area contributed by atoms with Crippen LogP contribution in [0.2, 0.25) is 0 Å². The van der Waals surface area contributed by atoms with Crippen LogP contribution in [0.25, 0.3) is 11.0 Å². The number of hydrogen-bond donors (Lipinski definition) is 0. The molecule has 3 nitrogen and oxygen atoms in total. The molecule has 0 saturated carbocycles. The average Bonchev–Trinajstić information content (AvgIpc) is 3.04. The Hall–Kier alpha value is -3.28. The third kappa shape index (κ3) is 4.11. The van der Waals surface area contributed by atoms with Crippen LogP contribution in [0.1, 0.15) is 22.5 Å². The zero-order valence-corrected chi connectivity index (χ0v) is 15.8. The van der Waals surface area contributed by atoms with Crippen molar-refractivity contribution in [2.45, 2.75) is 26.3 Å². The Kier molecular flexibility index (Phi) is 5.01. The Labute approximate surface area is 166 Å². The van der Waals surface area contributed by atoms with Gasteiger partial charge < -0.3 is 9.30 Å². The Morgan fingerprint density at radius 1 is 0.931 bits per heavy atom. The zero-order chi connectivity index (χ0) is 20.4. The van der Waals surface area contributed by atoms with Gasteiger partial charge >= 0.3 is 6.18 Å². The molecule has 0 bridgehead atoms. The Balaban J connectivity index is 1.74. The summed E-state index contributed by atoms with van der Waals surface area (Å²) < 4.78 is 47.2. The molecule has 6 heteroatoms. The van der Waals surface area contributed by atoms with Crippen molar-refractivity contribution in [3.63, 3.8) is 0 Å². The number of aryl methyl sites for hydroxylation is 1. The normalized spacial score (nSPS) is 11.7. The van der Waals surface area contributed by atoms with E-state index in [1.165, 1.54) is 6.07 Å². The molecule has 0 N–H and O–H groups in total. The van der Waals surface area contributed by atoms with Gasteiger partial charge in [-0.15, -0.1) is 0 Å². The van der Waals surface area contributed by atoms with E-state index in [0.29, 0.717) is 23.4 Å². The number of imidazole rings is 1. The first kappa shape index (κ1) is 19.1. The highest BCUT2D eigenvalue weighted by Gasteiger charge is 2.31. The van der Waals surface area contributed by atoms with E-state index in [1.807, 2.05) is 66.1 Å². The number of aromatic nitrogens is 2. The SMILES string of the molecule is Cc1ccccc1OCc1nc2cc(C(F)(F)F)ccc2n1Cc1ccccc1. The third-order valence-electron chi connectivity index (χ3n) is 4.79. The lowest BCUT2D eigenvalue weighted by Gasteiger charge is -2.12. The van der Waals surface area contributed by atoms with Crippen LogP contribution in [0.15, 0.2) is 72.8 Å². The van der Waals surface area contributed by atoms with Crippen molar-refractivity contribution in [3.8, 4) is 5.75 Å². The second kappa shape index (κ2) is 7.62. The molecule has 0 amide bonds. The van der Waals surface area contributed by atoms with E-state index in [2.05, 4.69) is 4.98 Å². The van der Waals surface area contributed by atoms with E-state index in [4.69, 9.17) is 4.74 Å². The second-order valence-electron chi connectivity index (χ2n) is 6.86. The van der Waals surface area contributed by atoms with Crippen LogP contribution in [-0.4, -0.2) is 9.55 Å². The van der Waals surface area contributed by atoms with Crippen LogP contribution in [0.3, 0.4) is 0 Å². The predicted octanol–water partition coefficient (Wildman–Crippen LogP) is 5.99. The summed E-state index contributed by atoms with van der Waals surface area (Å²) in [7, 11) is 0. The molecule has 0 aliphatic rings. The van der Waals surface area contributed by atoms with Gasteiger partial charge in [-0.25, -0.2) is 4.98 Å². The molecule has 3 aromatic carbocycles. The minimum absolute atomic E-state index is 0.160. The van der Waals surface area contributed by atoms with Crippen molar-refractivity contribution < 1.29 is 17.9 Å². The highest BCUT2D eigenvalue weighted by Crippen LogP contribution is 2.32. The van der Waals surface area contributed by atoms with Gasteiger partial charge in [0.15, 0.2) is 0 Å². The van der Waals surface area contributed by atoms with Crippen molar-refractivity contribution in [2.24, 2.45) is 0 Å². The Morgan fingerprint density at radius 2 is 1.66 bits per heavy atom. The quantitative estimate of drug-likeness (QED) is 0.414. The molecule has 0 spiro atoms. The Morgan fingerprint density at radius 3 is 2.38 bits per heavy atom. The molecule has 4 aromatic rings. The van der Waals surface area contributed by atoms with Gasteiger partial charge in [0.25, 0.3) is 0 Å². The summed E-state index contributed by atoms with van der Waals surface area (Å²) in [5.74, 6) is 1.30. The molecule has 0 aliphatic carbocycles. The number of rotatable bonds is 5. The predicted molar refractivity (Wildman–Crippen MR) is 106 cm³/mol. The van der Waals surface area contributed by atoms with Crippen molar-refractivity contribution in [1.82, 2.24) is 9.55 Å². The summed E-state index contributed by atoms with van der Waals surface area (Å²) in [6, 6.07) is 21.0.